The second-order valence-electron chi connectivity index (χ2n) is 3.06. The Morgan fingerprint density at radius 3 is 2.56 bits per heavy atom. The van der Waals surface area contributed by atoms with Crippen molar-refractivity contribution in [3.05, 3.63) is 41.8 Å². The van der Waals surface area contributed by atoms with Gasteiger partial charge in [0.25, 0.3) is 0 Å². The molecule has 0 amide bonds. The zero-order valence-electron chi connectivity index (χ0n) is 8.64. The number of halogens is 1. The van der Waals surface area contributed by atoms with Crippen LogP contribution in [0.25, 0.3) is 0 Å². The maximum Gasteiger partial charge on any atom is 0.224 e. The van der Waals surface area contributed by atoms with E-state index in [4.69, 9.17) is 11.6 Å². The van der Waals surface area contributed by atoms with Gasteiger partial charge in [-0.05, 0) is 48.2 Å². The van der Waals surface area contributed by atoms with E-state index in [9.17, 15) is 0 Å². The molecule has 1 aromatic carbocycles. The van der Waals surface area contributed by atoms with Crippen molar-refractivity contribution in [1.82, 2.24) is 9.97 Å². The van der Waals surface area contributed by atoms with E-state index in [2.05, 4.69) is 27.4 Å². The molecule has 0 spiro atoms. The molecule has 0 radical (unpaired) electrons. The molecule has 1 aromatic heterocycles. The van der Waals surface area contributed by atoms with Crippen molar-refractivity contribution in [1.29, 1.82) is 0 Å². The fraction of sp³-hybridized carbons (Fsp3) is 0.0909. The summed E-state index contributed by atoms with van der Waals surface area (Å²) in [6.07, 6.45) is 3.67. The molecule has 0 unspecified atom stereocenters. The highest BCUT2D eigenvalue weighted by atomic mass is 35.5. The first-order valence-electron chi connectivity index (χ1n) is 4.67. The molecule has 0 aliphatic rings. The van der Waals surface area contributed by atoms with Gasteiger partial charge in [-0.1, -0.05) is 0 Å². The molecule has 0 aliphatic carbocycles. The highest BCUT2D eigenvalue weighted by Crippen LogP contribution is 2.20. The molecule has 0 saturated heterocycles. The summed E-state index contributed by atoms with van der Waals surface area (Å²) in [5, 5.41) is 3.39. The summed E-state index contributed by atoms with van der Waals surface area (Å²) < 4.78 is 0. The Kier molecular flexibility index (Phi) is 3.64. The molecule has 0 aliphatic heterocycles. The number of hydrogen-bond acceptors (Lipinski definition) is 4. The second-order valence-corrected chi connectivity index (χ2v) is 4.28. The minimum atomic E-state index is 0.241. The van der Waals surface area contributed by atoms with Crippen molar-refractivity contribution in [3.8, 4) is 0 Å². The number of hydrogen-bond donors (Lipinski definition) is 1. The van der Waals surface area contributed by atoms with Gasteiger partial charge in [0.1, 0.15) is 5.82 Å². The van der Waals surface area contributed by atoms with Crippen molar-refractivity contribution in [2.75, 3.05) is 11.6 Å². The lowest BCUT2D eigenvalue weighted by Crippen LogP contribution is -1.94. The number of benzene rings is 1. The third-order valence-corrected chi connectivity index (χ3v) is 2.91. The van der Waals surface area contributed by atoms with Crippen LogP contribution in [0.1, 0.15) is 0 Å². The van der Waals surface area contributed by atoms with Crippen LogP contribution in [0.3, 0.4) is 0 Å². The van der Waals surface area contributed by atoms with E-state index in [-0.39, 0.29) is 5.28 Å². The molecule has 0 atom stereocenters. The standard InChI is InChI=1S/C11H10ClN3S/c1-16-9-4-2-8(3-5-9)14-10-6-7-13-11(12)15-10/h2-7H,1H3,(H,13,14,15). The van der Waals surface area contributed by atoms with Crippen molar-refractivity contribution in [2.24, 2.45) is 0 Å². The highest BCUT2D eigenvalue weighted by Gasteiger charge is 1.97. The number of nitrogens with zero attached hydrogens (tertiary/aromatic N) is 2. The van der Waals surface area contributed by atoms with Gasteiger partial charge in [0.2, 0.25) is 5.28 Å². The monoisotopic (exact) mass is 251 g/mol. The predicted molar refractivity (Wildman–Crippen MR) is 68.5 cm³/mol. The van der Waals surface area contributed by atoms with Gasteiger partial charge in [-0.3, -0.25) is 0 Å². The molecule has 82 valence electrons. The zero-order valence-corrected chi connectivity index (χ0v) is 10.2. The minimum absolute atomic E-state index is 0.241. The van der Waals surface area contributed by atoms with E-state index >= 15 is 0 Å². The van der Waals surface area contributed by atoms with Crippen LogP contribution in [0.5, 0.6) is 0 Å². The average Bonchev–Trinajstić information content (AvgIpc) is 2.30. The number of aromatic nitrogens is 2. The number of nitrogens with one attached hydrogen (secondary N) is 1. The Labute approximate surface area is 103 Å². The van der Waals surface area contributed by atoms with Gasteiger partial charge in [0, 0.05) is 16.8 Å². The third kappa shape index (κ3) is 2.87. The molecule has 1 N–H and O–H groups in total. The molecule has 16 heavy (non-hydrogen) atoms. The lowest BCUT2D eigenvalue weighted by atomic mass is 10.3. The fourth-order valence-electron chi connectivity index (χ4n) is 1.23. The van der Waals surface area contributed by atoms with Crippen LogP contribution in [0.2, 0.25) is 5.28 Å². The largest absolute Gasteiger partial charge is 0.340 e. The summed E-state index contributed by atoms with van der Waals surface area (Å²) in [6.45, 7) is 0. The van der Waals surface area contributed by atoms with Crippen molar-refractivity contribution in [3.63, 3.8) is 0 Å². The molecule has 2 rings (SSSR count). The first kappa shape index (κ1) is 11.2. The summed E-state index contributed by atoms with van der Waals surface area (Å²) >= 11 is 7.40. The normalized spacial score (nSPS) is 10.1. The van der Waals surface area contributed by atoms with E-state index in [0.29, 0.717) is 5.82 Å². The SMILES string of the molecule is CSc1ccc(Nc2ccnc(Cl)n2)cc1. The minimum Gasteiger partial charge on any atom is -0.340 e. The van der Waals surface area contributed by atoms with E-state index in [1.54, 1.807) is 24.0 Å². The summed E-state index contributed by atoms with van der Waals surface area (Å²) in [5.41, 5.74) is 0.979. The summed E-state index contributed by atoms with van der Waals surface area (Å²) in [5.74, 6) is 0.692. The molecule has 0 fully saturated rings. The van der Waals surface area contributed by atoms with Crippen LogP contribution >= 0.6 is 23.4 Å². The summed E-state index contributed by atoms with van der Waals surface area (Å²) in [4.78, 5) is 9.10. The van der Waals surface area contributed by atoms with Gasteiger partial charge in [-0.2, -0.15) is 0 Å². The van der Waals surface area contributed by atoms with Gasteiger partial charge in [-0.25, -0.2) is 9.97 Å². The lowest BCUT2D eigenvalue weighted by molar-refractivity contribution is 1.17. The molecular weight excluding hydrogens is 242 g/mol. The summed E-state index contributed by atoms with van der Waals surface area (Å²) in [7, 11) is 0. The number of rotatable bonds is 3. The van der Waals surface area contributed by atoms with Gasteiger partial charge in [0.05, 0.1) is 0 Å². The van der Waals surface area contributed by atoms with Crippen LogP contribution < -0.4 is 5.32 Å². The topological polar surface area (TPSA) is 37.8 Å². The van der Waals surface area contributed by atoms with E-state index in [1.807, 2.05) is 18.4 Å². The van der Waals surface area contributed by atoms with E-state index in [1.165, 1.54) is 4.90 Å². The molecular formula is C11H10ClN3S. The Morgan fingerprint density at radius 2 is 1.94 bits per heavy atom. The van der Waals surface area contributed by atoms with Crippen LogP contribution in [0.15, 0.2) is 41.4 Å². The fourth-order valence-corrected chi connectivity index (χ4v) is 1.78. The highest BCUT2D eigenvalue weighted by molar-refractivity contribution is 7.98. The Bertz CT molecular complexity index is 473. The third-order valence-electron chi connectivity index (χ3n) is 1.99. The predicted octanol–water partition coefficient (Wildman–Crippen LogP) is 3.60. The Morgan fingerprint density at radius 1 is 1.19 bits per heavy atom. The maximum atomic E-state index is 5.69. The van der Waals surface area contributed by atoms with Crippen LogP contribution in [-0.2, 0) is 0 Å². The molecule has 5 heteroatoms. The first-order valence-corrected chi connectivity index (χ1v) is 6.28. The maximum absolute atomic E-state index is 5.69. The van der Waals surface area contributed by atoms with Gasteiger partial charge >= 0.3 is 0 Å². The quantitative estimate of drug-likeness (QED) is 0.668. The molecule has 3 nitrogen and oxygen atoms in total. The lowest BCUT2D eigenvalue weighted by Gasteiger charge is -2.05. The second kappa shape index (κ2) is 5.18. The number of anilines is 2. The van der Waals surface area contributed by atoms with Crippen LogP contribution in [0.4, 0.5) is 11.5 Å². The smallest absolute Gasteiger partial charge is 0.224 e. The van der Waals surface area contributed by atoms with E-state index < -0.39 is 0 Å². The molecule has 0 bridgehead atoms. The first-order chi connectivity index (χ1) is 7.78. The van der Waals surface area contributed by atoms with Crippen LogP contribution in [-0.4, -0.2) is 16.2 Å². The van der Waals surface area contributed by atoms with E-state index in [0.717, 1.165) is 5.69 Å². The molecule has 0 saturated carbocycles. The zero-order chi connectivity index (χ0) is 11.4. The van der Waals surface area contributed by atoms with Gasteiger partial charge < -0.3 is 5.32 Å². The van der Waals surface area contributed by atoms with Crippen molar-refractivity contribution in [2.45, 2.75) is 4.90 Å². The van der Waals surface area contributed by atoms with Crippen LogP contribution in [0, 0.1) is 0 Å². The Hall–Kier alpha value is -1.26. The Balaban J connectivity index is 2.14. The van der Waals surface area contributed by atoms with Crippen molar-refractivity contribution >= 4 is 34.9 Å². The van der Waals surface area contributed by atoms with Gasteiger partial charge in [0.15, 0.2) is 0 Å². The average molecular weight is 252 g/mol. The summed E-state index contributed by atoms with van der Waals surface area (Å²) in [6, 6.07) is 9.88. The molecule has 1 heterocycles. The van der Waals surface area contributed by atoms with Gasteiger partial charge in [-0.15, -0.1) is 11.8 Å². The molecule has 2 aromatic rings. The number of thioether (sulfide) groups is 1. The van der Waals surface area contributed by atoms with Crippen molar-refractivity contribution < 1.29 is 0 Å².